The Hall–Kier alpha value is -1.35. The van der Waals surface area contributed by atoms with Gasteiger partial charge in [0.15, 0.2) is 0 Å². The van der Waals surface area contributed by atoms with Crippen molar-refractivity contribution in [3.63, 3.8) is 0 Å². The molecule has 1 aliphatic rings. The zero-order chi connectivity index (χ0) is 13.0. The van der Waals surface area contributed by atoms with Crippen LogP contribution < -0.4 is 5.32 Å². The minimum atomic E-state index is -0.0153. The second-order valence-corrected chi connectivity index (χ2v) is 5.12. The number of carbonyl (C=O) groups excluding carboxylic acids is 1. The summed E-state index contributed by atoms with van der Waals surface area (Å²) in [5.74, 6) is 0.199. The van der Waals surface area contributed by atoms with Crippen molar-refractivity contribution in [2.75, 3.05) is 6.61 Å². The van der Waals surface area contributed by atoms with Gasteiger partial charge in [-0.3, -0.25) is 4.79 Å². The second kappa shape index (κ2) is 6.01. The van der Waals surface area contributed by atoms with Crippen LogP contribution in [0.3, 0.4) is 0 Å². The van der Waals surface area contributed by atoms with Crippen LogP contribution in [0, 0.1) is 12.8 Å². The maximum absolute atomic E-state index is 12.2. The van der Waals surface area contributed by atoms with Crippen LogP contribution in [0.1, 0.15) is 41.6 Å². The average Bonchev–Trinajstić information content (AvgIpc) is 2.39. The van der Waals surface area contributed by atoms with Crippen molar-refractivity contribution >= 4 is 5.91 Å². The highest BCUT2D eigenvalue weighted by atomic mass is 16.3. The van der Waals surface area contributed by atoms with Gasteiger partial charge in [0.2, 0.25) is 0 Å². The minimum Gasteiger partial charge on any atom is -0.396 e. The highest BCUT2D eigenvalue weighted by Gasteiger charge is 2.26. The average molecular weight is 247 g/mol. The van der Waals surface area contributed by atoms with E-state index in [1.807, 2.05) is 31.2 Å². The maximum atomic E-state index is 12.2. The lowest BCUT2D eigenvalue weighted by Gasteiger charge is -2.31. The summed E-state index contributed by atoms with van der Waals surface area (Å²) in [5, 5.41) is 12.4. The number of hydrogen-bond donors (Lipinski definition) is 2. The lowest BCUT2D eigenvalue weighted by atomic mass is 9.85. The van der Waals surface area contributed by atoms with E-state index in [2.05, 4.69) is 5.32 Å². The molecule has 0 aliphatic heterocycles. The van der Waals surface area contributed by atoms with Crippen molar-refractivity contribution in [2.45, 2.75) is 38.6 Å². The van der Waals surface area contributed by atoms with Gasteiger partial charge in [-0.25, -0.2) is 0 Å². The van der Waals surface area contributed by atoms with Crippen molar-refractivity contribution in [1.82, 2.24) is 5.32 Å². The Labute approximate surface area is 108 Å². The lowest BCUT2D eigenvalue weighted by molar-refractivity contribution is 0.0872. The van der Waals surface area contributed by atoms with Gasteiger partial charge in [0, 0.05) is 24.1 Å². The number of amides is 1. The van der Waals surface area contributed by atoms with Crippen LogP contribution >= 0.6 is 0 Å². The van der Waals surface area contributed by atoms with Gasteiger partial charge in [-0.1, -0.05) is 31.0 Å². The van der Waals surface area contributed by atoms with Crippen LogP contribution in [0.25, 0.3) is 0 Å². The predicted molar refractivity (Wildman–Crippen MR) is 71.5 cm³/mol. The number of aliphatic hydroxyl groups is 1. The molecule has 2 unspecified atom stereocenters. The van der Waals surface area contributed by atoms with E-state index in [-0.39, 0.29) is 24.5 Å². The topological polar surface area (TPSA) is 49.3 Å². The Morgan fingerprint density at radius 2 is 2.06 bits per heavy atom. The maximum Gasteiger partial charge on any atom is 0.251 e. The molecule has 2 rings (SSSR count). The van der Waals surface area contributed by atoms with E-state index in [0.717, 1.165) is 36.8 Å². The van der Waals surface area contributed by atoms with E-state index in [1.165, 1.54) is 0 Å². The molecule has 1 amide bonds. The first-order valence-electron chi connectivity index (χ1n) is 6.69. The Morgan fingerprint density at radius 1 is 1.33 bits per heavy atom. The second-order valence-electron chi connectivity index (χ2n) is 5.12. The zero-order valence-electron chi connectivity index (χ0n) is 10.9. The quantitative estimate of drug-likeness (QED) is 0.861. The normalized spacial score (nSPS) is 23.7. The van der Waals surface area contributed by atoms with Gasteiger partial charge in [-0.2, -0.15) is 0 Å². The molecule has 0 radical (unpaired) electrons. The fourth-order valence-corrected chi connectivity index (χ4v) is 2.69. The third-order valence-corrected chi connectivity index (χ3v) is 3.85. The van der Waals surface area contributed by atoms with Gasteiger partial charge in [0.1, 0.15) is 0 Å². The van der Waals surface area contributed by atoms with Crippen molar-refractivity contribution in [1.29, 1.82) is 0 Å². The Balaban J connectivity index is 2.04. The van der Waals surface area contributed by atoms with Crippen molar-refractivity contribution in [3.8, 4) is 0 Å². The van der Waals surface area contributed by atoms with Gasteiger partial charge >= 0.3 is 0 Å². The standard InChI is InChI=1S/C15H21NO2/c1-11-6-2-4-8-13(11)15(18)16-14-9-5-3-7-12(14)10-17/h2,4,6,8,12,14,17H,3,5,7,9-10H2,1H3,(H,16,18). The molecule has 0 aromatic heterocycles. The molecule has 1 saturated carbocycles. The van der Waals surface area contributed by atoms with E-state index < -0.39 is 0 Å². The molecule has 18 heavy (non-hydrogen) atoms. The smallest absolute Gasteiger partial charge is 0.251 e. The highest BCUT2D eigenvalue weighted by Crippen LogP contribution is 2.24. The molecule has 0 heterocycles. The molecule has 1 aromatic carbocycles. The molecular formula is C15H21NO2. The van der Waals surface area contributed by atoms with Gasteiger partial charge in [0.05, 0.1) is 0 Å². The number of benzene rings is 1. The van der Waals surface area contributed by atoms with Crippen LogP contribution in [0.5, 0.6) is 0 Å². The number of aliphatic hydroxyl groups excluding tert-OH is 1. The fourth-order valence-electron chi connectivity index (χ4n) is 2.69. The van der Waals surface area contributed by atoms with Gasteiger partial charge < -0.3 is 10.4 Å². The van der Waals surface area contributed by atoms with Crippen molar-refractivity contribution in [3.05, 3.63) is 35.4 Å². The van der Waals surface area contributed by atoms with Gasteiger partial charge in [0.25, 0.3) is 5.91 Å². The minimum absolute atomic E-state index is 0.0153. The van der Waals surface area contributed by atoms with Crippen LogP contribution in [-0.4, -0.2) is 23.7 Å². The SMILES string of the molecule is Cc1ccccc1C(=O)NC1CCCCC1CO. The summed E-state index contributed by atoms with van der Waals surface area (Å²) in [6, 6.07) is 7.73. The molecule has 0 bridgehead atoms. The number of nitrogens with one attached hydrogen (secondary N) is 1. The third-order valence-electron chi connectivity index (χ3n) is 3.85. The summed E-state index contributed by atoms with van der Waals surface area (Å²) >= 11 is 0. The monoisotopic (exact) mass is 247 g/mol. The van der Waals surface area contributed by atoms with Crippen molar-refractivity contribution in [2.24, 2.45) is 5.92 Å². The summed E-state index contributed by atoms with van der Waals surface area (Å²) in [7, 11) is 0. The van der Waals surface area contributed by atoms with Gasteiger partial charge in [-0.05, 0) is 31.4 Å². The van der Waals surface area contributed by atoms with Crippen LogP contribution in [-0.2, 0) is 0 Å². The molecular weight excluding hydrogens is 226 g/mol. The molecule has 1 fully saturated rings. The number of aryl methyl sites for hydroxylation is 1. The molecule has 3 heteroatoms. The largest absolute Gasteiger partial charge is 0.396 e. The number of carbonyl (C=O) groups is 1. The molecule has 1 aromatic rings. The fraction of sp³-hybridized carbons (Fsp3) is 0.533. The molecule has 98 valence electrons. The third kappa shape index (κ3) is 2.91. The summed E-state index contributed by atoms with van der Waals surface area (Å²) in [6.45, 7) is 2.11. The predicted octanol–water partition coefficient (Wildman–Crippen LogP) is 2.28. The highest BCUT2D eigenvalue weighted by molar-refractivity contribution is 5.95. The Kier molecular flexibility index (Phi) is 4.37. The summed E-state index contributed by atoms with van der Waals surface area (Å²) in [4.78, 5) is 12.2. The van der Waals surface area contributed by atoms with E-state index >= 15 is 0 Å². The molecule has 0 saturated heterocycles. The first-order chi connectivity index (χ1) is 8.72. The lowest BCUT2D eigenvalue weighted by Crippen LogP contribution is -2.43. The van der Waals surface area contributed by atoms with Crippen LogP contribution in [0.2, 0.25) is 0 Å². The van der Waals surface area contributed by atoms with E-state index in [1.54, 1.807) is 0 Å². The Morgan fingerprint density at radius 3 is 2.78 bits per heavy atom. The summed E-state index contributed by atoms with van der Waals surface area (Å²) in [6.07, 6.45) is 4.27. The zero-order valence-corrected chi connectivity index (χ0v) is 10.9. The first-order valence-corrected chi connectivity index (χ1v) is 6.69. The number of hydrogen-bond acceptors (Lipinski definition) is 2. The first kappa shape index (κ1) is 13.1. The molecule has 0 spiro atoms. The summed E-state index contributed by atoms with van der Waals surface area (Å²) < 4.78 is 0. The molecule has 3 nitrogen and oxygen atoms in total. The van der Waals surface area contributed by atoms with E-state index in [0.29, 0.717) is 0 Å². The number of rotatable bonds is 3. The Bertz CT molecular complexity index is 417. The van der Waals surface area contributed by atoms with Gasteiger partial charge in [-0.15, -0.1) is 0 Å². The van der Waals surface area contributed by atoms with Crippen LogP contribution in [0.15, 0.2) is 24.3 Å². The van der Waals surface area contributed by atoms with E-state index in [4.69, 9.17) is 0 Å². The van der Waals surface area contributed by atoms with E-state index in [9.17, 15) is 9.90 Å². The summed E-state index contributed by atoms with van der Waals surface area (Å²) in [5.41, 5.74) is 1.73. The molecule has 1 aliphatic carbocycles. The molecule has 2 atom stereocenters. The van der Waals surface area contributed by atoms with Crippen molar-refractivity contribution < 1.29 is 9.90 Å². The molecule has 2 N–H and O–H groups in total. The van der Waals surface area contributed by atoms with Crippen LogP contribution in [0.4, 0.5) is 0 Å².